The molecule has 0 spiro atoms. The summed E-state index contributed by atoms with van der Waals surface area (Å²) in [7, 11) is 0. The first-order chi connectivity index (χ1) is 8.50. The van der Waals surface area contributed by atoms with Crippen LogP contribution in [-0.4, -0.2) is 5.78 Å². The van der Waals surface area contributed by atoms with Gasteiger partial charge in [0.15, 0.2) is 5.78 Å². The number of carbonyl (C=O) groups excluding carboxylic acids is 1. The highest BCUT2D eigenvalue weighted by Crippen LogP contribution is 2.20. The monoisotopic (exact) mass is 243 g/mol. The van der Waals surface area contributed by atoms with Gasteiger partial charge in [-0.1, -0.05) is 12.1 Å². The van der Waals surface area contributed by atoms with Gasteiger partial charge >= 0.3 is 0 Å². The lowest BCUT2D eigenvalue weighted by Crippen LogP contribution is -2.06. The second kappa shape index (κ2) is 4.61. The third-order valence-corrected chi connectivity index (χ3v) is 2.90. The van der Waals surface area contributed by atoms with Crippen LogP contribution in [0.25, 0.3) is 0 Å². The van der Waals surface area contributed by atoms with E-state index in [0.29, 0.717) is 27.9 Å². The van der Waals surface area contributed by atoms with E-state index in [1.165, 1.54) is 0 Å². The van der Waals surface area contributed by atoms with Crippen molar-refractivity contribution in [3.05, 3.63) is 64.5 Å². The van der Waals surface area contributed by atoms with Gasteiger partial charge in [-0.15, -0.1) is 0 Å². The van der Waals surface area contributed by atoms with Crippen molar-refractivity contribution in [1.82, 2.24) is 0 Å². The minimum Gasteiger partial charge on any atom is -0.398 e. The van der Waals surface area contributed by atoms with E-state index in [1.807, 2.05) is 0 Å². The van der Waals surface area contributed by atoms with Crippen LogP contribution in [0.4, 0.5) is 10.1 Å². The molecule has 0 saturated carbocycles. The zero-order valence-electron chi connectivity index (χ0n) is 10.3. The normalized spacial score (nSPS) is 10.4. The van der Waals surface area contributed by atoms with E-state index >= 15 is 0 Å². The Morgan fingerprint density at radius 3 is 2.22 bits per heavy atom. The Morgan fingerprint density at radius 1 is 1.11 bits per heavy atom. The van der Waals surface area contributed by atoms with Gasteiger partial charge in [0, 0.05) is 16.8 Å². The first-order valence-corrected chi connectivity index (χ1v) is 5.66. The van der Waals surface area contributed by atoms with E-state index in [2.05, 4.69) is 0 Å². The predicted octanol–water partition coefficient (Wildman–Crippen LogP) is 3.26. The highest BCUT2D eigenvalue weighted by Gasteiger charge is 2.14. The molecule has 0 radical (unpaired) electrons. The highest BCUT2D eigenvalue weighted by molar-refractivity contribution is 6.12. The van der Waals surface area contributed by atoms with Crippen molar-refractivity contribution in [3.8, 4) is 0 Å². The van der Waals surface area contributed by atoms with E-state index in [1.54, 1.807) is 50.2 Å². The fourth-order valence-corrected chi connectivity index (χ4v) is 1.94. The molecule has 18 heavy (non-hydrogen) atoms. The Morgan fingerprint density at radius 2 is 1.67 bits per heavy atom. The van der Waals surface area contributed by atoms with Crippen LogP contribution in [0, 0.1) is 19.7 Å². The highest BCUT2D eigenvalue weighted by atomic mass is 19.1. The van der Waals surface area contributed by atoms with Gasteiger partial charge in [-0.2, -0.15) is 0 Å². The molecule has 0 unspecified atom stereocenters. The number of rotatable bonds is 2. The number of halogens is 1. The molecule has 0 amide bonds. The van der Waals surface area contributed by atoms with Crippen LogP contribution in [-0.2, 0) is 0 Å². The molecular formula is C15H14FNO. The van der Waals surface area contributed by atoms with Crippen LogP contribution in [0.2, 0.25) is 0 Å². The quantitative estimate of drug-likeness (QED) is 0.650. The standard InChI is InChI=1S/C15H14FNO/c1-9-7-11(8-10(2)14(9)16)15(18)12-5-3-4-6-13(12)17/h3-8H,17H2,1-2H3. The van der Waals surface area contributed by atoms with E-state index < -0.39 is 0 Å². The predicted molar refractivity (Wildman–Crippen MR) is 70.2 cm³/mol. The summed E-state index contributed by atoms with van der Waals surface area (Å²) in [6, 6.07) is 9.98. The maximum Gasteiger partial charge on any atom is 0.195 e. The molecule has 0 aromatic heterocycles. The molecule has 0 aliphatic carbocycles. The molecule has 0 heterocycles. The maximum absolute atomic E-state index is 13.5. The van der Waals surface area contributed by atoms with Gasteiger partial charge in [-0.25, -0.2) is 4.39 Å². The molecule has 0 saturated heterocycles. The molecule has 0 aliphatic rings. The number of nitrogens with two attached hydrogens (primary N) is 1. The lowest BCUT2D eigenvalue weighted by Gasteiger charge is -2.08. The number of benzene rings is 2. The lowest BCUT2D eigenvalue weighted by molar-refractivity contribution is 0.103. The summed E-state index contributed by atoms with van der Waals surface area (Å²) in [5.74, 6) is -0.452. The Balaban J connectivity index is 2.51. The van der Waals surface area contributed by atoms with Crippen LogP contribution in [0.5, 0.6) is 0 Å². The van der Waals surface area contributed by atoms with Crippen LogP contribution in [0.15, 0.2) is 36.4 Å². The molecule has 0 bridgehead atoms. The topological polar surface area (TPSA) is 43.1 Å². The summed E-state index contributed by atoms with van der Waals surface area (Å²) in [4.78, 5) is 12.3. The summed E-state index contributed by atoms with van der Waals surface area (Å²) >= 11 is 0. The van der Waals surface area contributed by atoms with Gasteiger partial charge in [0.1, 0.15) is 5.82 Å². The Labute approximate surface area is 105 Å². The summed E-state index contributed by atoms with van der Waals surface area (Å²) in [6.45, 7) is 3.29. The van der Waals surface area contributed by atoms with Crippen LogP contribution in [0.1, 0.15) is 27.0 Å². The summed E-state index contributed by atoms with van der Waals surface area (Å²) in [5.41, 5.74) is 8.04. The third kappa shape index (κ3) is 2.12. The van der Waals surface area contributed by atoms with E-state index in [9.17, 15) is 9.18 Å². The fourth-order valence-electron chi connectivity index (χ4n) is 1.94. The number of ketones is 1. The zero-order valence-corrected chi connectivity index (χ0v) is 10.3. The Hall–Kier alpha value is -2.16. The Bertz CT molecular complexity index is 597. The number of carbonyl (C=O) groups is 1. The first-order valence-electron chi connectivity index (χ1n) is 5.66. The maximum atomic E-state index is 13.5. The molecule has 2 rings (SSSR count). The van der Waals surface area contributed by atoms with E-state index in [0.717, 1.165) is 0 Å². The van der Waals surface area contributed by atoms with Crippen LogP contribution >= 0.6 is 0 Å². The summed E-state index contributed by atoms with van der Waals surface area (Å²) < 4.78 is 13.5. The minimum atomic E-state index is -0.271. The number of aryl methyl sites for hydroxylation is 2. The average molecular weight is 243 g/mol. The second-order valence-electron chi connectivity index (χ2n) is 4.34. The van der Waals surface area contributed by atoms with Crippen molar-refractivity contribution in [2.75, 3.05) is 5.73 Å². The zero-order chi connectivity index (χ0) is 13.3. The van der Waals surface area contributed by atoms with E-state index in [4.69, 9.17) is 5.73 Å². The Kier molecular flexibility index (Phi) is 3.15. The summed E-state index contributed by atoms with van der Waals surface area (Å²) in [6.07, 6.45) is 0. The fraction of sp³-hybridized carbons (Fsp3) is 0.133. The molecule has 2 nitrogen and oxygen atoms in total. The number of hydrogen-bond acceptors (Lipinski definition) is 2. The molecule has 2 aromatic carbocycles. The molecule has 0 aliphatic heterocycles. The third-order valence-electron chi connectivity index (χ3n) is 2.90. The number of para-hydroxylation sites is 1. The minimum absolute atomic E-state index is 0.181. The lowest BCUT2D eigenvalue weighted by atomic mass is 9.98. The van der Waals surface area contributed by atoms with E-state index in [-0.39, 0.29) is 11.6 Å². The SMILES string of the molecule is Cc1cc(C(=O)c2ccccc2N)cc(C)c1F. The van der Waals surface area contributed by atoms with Gasteiger partial charge in [-0.05, 0) is 49.2 Å². The first kappa shape index (κ1) is 12.3. The molecule has 2 aromatic rings. The smallest absolute Gasteiger partial charge is 0.195 e. The van der Waals surface area contributed by atoms with Crippen molar-refractivity contribution in [2.45, 2.75) is 13.8 Å². The van der Waals surface area contributed by atoms with Crippen molar-refractivity contribution in [1.29, 1.82) is 0 Å². The van der Waals surface area contributed by atoms with Gasteiger partial charge in [-0.3, -0.25) is 4.79 Å². The van der Waals surface area contributed by atoms with Crippen LogP contribution in [0.3, 0.4) is 0 Å². The molecule has 92 valence electrons. The largest absolute Gasteiger partial charge is 0.398 e. The molecule has 0 atom stereocenters. The molecular weight excluding hydrogens is 229 g/mol. The second-order valence-corrected chi connectivity index (χ2v) is 4.34. The number of anilines is 1. The van der Waals surface area contributed by atoms with Gasteiger partial charge in [0.05, 0.1) is 0 Å². The van der Waals surface area contributed by atoms with Crippen molar-refractivity contribution >= 4 is 11.5 Å². The molecule has 0 fully saturated rings. The van der Waals surface area contributed by atoms with Gasteiger partial charge in [0.2, 0.25) is 0 Å². The van der Waals surface area contributed by atoms with Gasteiger partial charge in [0.25, 0.3) is 0 Å². The van der Waals surface area contributed by atoms with Crippen molar-refractivity contribution < 1.29 is 9.18 Å². The average Bonchev–Trinajstić information content (AvgIpc) is 2.35. The van der Waals surface area contributed by atoms with Crippen molar-refractivity contribution in [2.24, 2.45) is 0 Å². The molecule has 2 N–H and O–H groups in total. The van der Waals surface area contributed by atoms with Gasteiger partial charge < -0.3 is 5.73 Å². The summed E-state index contributed by atoms with van der Waals surface area (Å²) in [5, 5.41) is 0. The van der Waals surface area contributed by atoms with Crippen molar-refractivity contribution in [3.63, 3.8) is 0 Å². The van der Waals surface area contributed by atoms with Crippen LogP contribution < -0.4 is 5.73 Å². The number of hydrogen-bond donors (Lipinski definition) is 1. The number of nitrogen functional groups attached to an aromatic ring is 1. The molecule has 3 heteroatoms.